The van der Waals surface area contributed by atoms with Gasteiger partial charge in [0.25, 0.3) is 5.91 Å². The number of hydrogen-bond acceptors (Lipinski definition) is 4. The molecule has 1 aliphatic rings. The normalized spacial score (nSPS) is 15.5. The van der Waals surface area contributed by atoms with Crippen LogP contribution in [0.1, 0.15) is 30.3 Å². The number of nitrogens with one attached hydrogen (secondary N) is 1. The quantitative estimate of drug-likeness (QED) is 0.946. The molecule has 0 spiro atoms. The maximum absolute atomic E-state index is 13.2. The summed E-state index contributed by atoms with van der Waals surface area (Å²) in [5, 5.41) is 2.65. The van der Waals surface area contributed by atoms with Gasteiger partial charge in [0.2, 0.25) is 5.95 Å². The monoisotopic (exact) mass is 314 g/mol. The number of aromatic nitrogens is 2. The molecule has 3 rings (SSSR count). The Balaban J connectivity index is 1.72. The molecule has 6 heteroatoms. The number of halogens is 1. The molecule has 120 valence electrons. The average Bonchev–Trinajstić information content (AvgIpc) is 2.56. The van der Waals surface area contributed by atoms with Crippen molar-refractivity contribution in [3.63, 3.8) is 0 Å². The minimum Gasteiger partial charge on any atom is -0.341 e. The molecule has 1 aromatic heterocycles. The number of piperidine rings is 1. The summed E-state index contributed by atoms with van der Waals surface area (Å²) in [5.74, 6) is 0.521. The first-order chi connectivity index (χ1) is 11.1. The number of carbonyl (C=O) groups excluding carboxylic acids is 1. The van der Waals surface area contributed by atoms with Gasteiger partial charge in [0, 0.05) is 25.0 Å². The number of nitrogens with zero attached hydrogens (tertiary/aromatic N) is 3. The molecule has 23 heavy (non-hydrogen) atoms. The third-order valence-electron chi connectivity index (χ3n) is 4.02. The summed E-state index contributed by atoms with van der Waals surface area (Å²) in [5.41, 5.74) is 0.680. The smallest absolute Gasteiger partial charge is 0.274 e. The predicted molar refractivity (Wildman–Crippen MR) is 87.0 cm³/mol. The minimum atomic E-state index is -0.395. The highest BCUT2D eigenvalue weighted by Gasteiger charge is 2.19. The van der Waals surface area contributed by atoms with Gasteiger partial charge < -0.3 is 10.2 Å². The first-order valence-corrected chi connectivity index (χ1v) is 7.77. The molecule has 0 radical (unpaired) electrons. The average molecular weight is 314 g/mol. The van der Waals surface area contributed by atoms with Crippen LogP contribution in [0.3, 0.4) is 0 Å². The van der Waals surface area contributed by atoms with Crippen LogP contribution in [0.4, 0.5) is 16.0 Å². The molecule has 0 atom stereocenters. The van der Waals surface area contributed by atoms with Gasteiger partial charge in [0.15, 0.2) is 0 Å². The molecule has 0 bridgehead atoms. The van der Waals surface area contributed by atoms with Crippen LogP contribution < -0.4 is 10.2 Å². The Morgan fingerprint density at radius 2 is 2.09 bits per heavy atom. The van der Waals surface area contributed by atoms with Crippen LogP contribution in [0.5, 0.6) is 0 Å². The second kappa shape index (κ2) is 6.73. The van der Waals surface area contributed by atoms with Gasteiger partial charge in [-0.2, -0.15) is 0 Å². The third-order valence-corrected chi connectivity index (χ3v) is 4.02. The van der Waals surface area contributed by atoms with Crippen LogP contribution in [0.2, 0.25) is 0 Å². The van der Waals surface area contributed by atoms with E-state index in [0.29, 0.717) is 17.6 Å². The lowest BCUT2D eigenvalue weighted by Crippen LogP contribution is -2.34. The lowest BCUT2D eigenvalue weighted by molar-refractivity contribution is 0.102. The molecule has 1 aromatic carbocycles. The van der Waals surface area contributed by atoms with E-state index in [-0.39, 0.29) is 11.6 Å². The molecule has 0 aliphatic carbocycles. The van der Waals surface area contributed by atoms with Crippen molar-refractivity contribution in [3.8, 4) is 0 Å². The van der Waals surface area contributed by atoms with Gasteiger partial charge >= 0.3 is 0 Å². The Bertz CT molecular complexity index is 698. The highest BCUT2D eigenvalue weighted by Crippen LogP contribution is 2.20. The van der Waals surface area contributed by atoms with Crippen molar-refractivity contribution in [2.75, 3.05) is 23.3 Å². The Morgan fingerprint density at radius 3 is 2.83 bits per heavy atom. The van der Waals surface area contributed by atoms with Crippen LogP contribution in [-0.4, -0.2) is 29.0 Å². The maximum Gasteiger partial charge on any atom is 0.274 e. The van der Waals surface area contributed by atoms with Gasteiger partial charge in [-0.25, -0.2) is 14.4 Å². The van der Waals surface area contributed by atoms with Gasteiger partial charge in [-0.05, 0) is 43.0 Å². The zero-order valence-corrected chi connectivity index (χ0v) is 13.0. The molecule has 1 N–H and O–H groups in total. The van der Waals surface area contributed by atoms with Crippen LogP contribution in [-0.2, 0) is 0 Å². The third kappa shape index (κ3) is 3.83. The summed E-state index contributed by atoms with van der Waals surface area (Å²) in [4.78, 5) is 23.0. The van der Waals surface area contributed by atoms with E-state index in [9.17, 15) is 9.18 Å². The van der Waals surface area contributed by atoms with Gasteiger partial charge in [-0.3, -0.25) is 4.79 Å². The Labute approximate surface area is 134 Å². The molecular weight excluding hydrogens is 295 g/mol. The second-order valence-electron chi connectivity index (χ2n) is 5.88. The molecular formula is C17H19FN4O. The van der Waals surface area contributed by atoms with Crippen molar-refractivity contribution in [1.82, 2.24) is 9.97 Å². The van der Waals surface area contributed by atoms with E-state index in [2.05, 4.69) is 27.1 Å². The zero-order valence-electron chi connectivity index (χ0n) is 13.0. The minimum absolute atomic E-state index is 0.276. The van der Waals surface area contributed by atoms with E-state index >= 15 is 0 Å². The fourth-order valence-electron chi connectivity index (χ4n) is 2.60. The molecule has 1 saturated heterocycles. The number of hydrogen-bond donors (Lipinski definition) is 1. The highest BCUT2D eigenvalue weighted by molar-refractivity contribution is 6.02. The van der Waals surface area contributed by atoms with Crippen molar-refractivity contribution < 1.29 is 9.18 Å². The van der Waals surface area contributed by atoms with Crippen molar-refractivity contribution in [2.45, 2.75) is 19.8 Å². The molecule has 1 amide bonds. The van der Waals surface area contributed by atoms with Crippen LogP contribution in [0, 0.1) is 11.7 Å². The van der Waals surface area contributed by atoms with Gasteiger partial charge in [0.1, 0.15) is 11.5 Å². The van der Waals surface area contributed by atoms with Gasteiger partial charge in [0.05, 0.1) is 0 Å². The molecule has 1 fully saturated rings. The summed E-state index contributed by atoms with van der Waals surface area (Å²) < 4.78 is 13.2. The number of rotatable bonds is 3. The Morgan fingerprint density at radius 1 is 1.30 bits per heavy atom. The number of anilines is 2. The van der Waals surface area contributed by atoms with Crippen molar-refractivity contribution in [3.05, 3.63) is 48.0 Å². The first-order valence-electron chi connectivity index (χ1n) is 7.77. The number of benzene rings is 1. The molecule has 5 nitrogen and oxygen atoms in total. The Hall–Kier alpha value is -2.50. The lowest BCUT2D eigenvalue weighted by atomic mass is 10.00. The van der Waals surface area contributed by atoms with Gasteiger partial charge in [-0.1, -0.05) is 13.0 Å². The number of amides is 1. The predicted octanol–water partition coefficient (Wildman–Crippen LogP) is 3.10. The number of carbonyl (C=O) groups is 1. The fourth-order valence-corrected chi connectivity index (χ4v) is 2.60. The molecule has 1 aliphatic heterocycles. The largest absolute Gasteiger partial charge is 0.341 e. The van der Waals surface area contributed by atoms with Crippen molar-refractivity contribution >= 4 is 17.5 Å². The molecule has 0 saturated carbocycles. The Kier molecular flexibility index (Phi) is 4.50. The van der Waals surface area contributed by atoms with Crippen LogP contribution in [0.15, 0.2) is 36.5 Å². The molecule has 0 unspecified atom stereocenters. The highest BCUT2D eigenvalue weighted by atomic mass is 19.1. The molecule has 2 aromatic rings. The van der Waals surface area contributed by atoms with E-state index in [0.717, 1.165) is 25.9 Å². The summed E-state index contributed by atoms with van der Waals surface area (Å²) in [6.45, 7) is 4.04. The summed E-state index contributed by atoms with van der Waals surface area (Å²) in [6.07, 6.45) is 3.78. The van der Waals surface area contributed by atoms with E-state index in [1.807, 2.05) is 0 Å². The SMILES string of the molecule is CC1CCN(c2nccc(C(=O)Nc3cccc(F)c3)n2)CC1. The maximum atomic E-state index is 13.2. The standard InChI is InChI=1S/C17H19FN4O/c1-12-6-9-22(10-7-12)17-19-8-5-15(21-17)16(23)20-14-4-2-3-13(18)11-14/h2-5,8,11-12H,6-7,9-10H2,1H3,(H,20,23). The first kappa shape index (κ1) is 15.4. The van der Waals surface area contributed by atoms with E-state index in [4.69, 9.17) is 0 Å². The fraction of sp³-hybridized carbons (Fsp3) is 0.353. The zero-order chi connectivity index (χ0) is 16.2. The van der Waals surface area contributed by atoms with Gasteiger partial charge in [-0.15, -0.1) is 0 Å². The molecule has 2 heterocycles. The second-order valence-corrected chi connectivity index (χ2v) is 5.88. The summed E-state index contributed by atoms with van der Waals surface area (Å²) in [6, 6.07) is 7.34. The van der Waals surface area contributed by atoms with Crippen LogP contribution in [0.25, 0.3) is 0 Å². The van der Waals surface area contributed by atoms with E-state index < -0.39 is 5.82 Å². The lowest BCUT2D eigenvalue weighted by Gasteiger charge is -2.30. The van der Waals surface area contributed by atoms with Crippen LogP contribution >= 0.6 is 0 Å². The van der Waals surface area contributed by atoms with Crippen molar-refractivity contribution in [2.24, 2.45) is 5.92 Å². The van der Waals surface area contributed by atoms with E-state index in [1.54, 1.807) is 24.4 Å². The summed E-state index contributed by atoms with van der Waals surface area (Å²) in [7, 11) is 0. The topological polar surface area (TPSA) is 58.1 Å². The van der Waals surface area contributed by atoms with E-state index in [1.165, 1.54) is 12.1 Å². The summed E-state index contributed by atoms with van der Waals surface area (Å²) >= 11 is 0. The van der Waals surface area contributed by atoms with Crippen molar-refractivity contribution in [1.29, 1.82) is 0 Å².